The largest absolute Gasteiger partial charge is 0.407 e. The second-order valence-electron chi connectivity index (χ2n) is 2.88. The van der Waals surface area contributed by atoms with Gasteiger partial charge in [-0.05, 0) is 18.0 Å². The zero-order valence-electron chi connectivity index (χ0n) is 7.86. The summed E-state index contributed by atoms with van der Waals surface area (Å²) < 4.78 is 6.83. The van der Waals surface area contributed by atoms with Crippen LogP contribution in [0.25, 0.3) is 11.5 Å². The first-order chi connectivity index (χ1) is 6.70. The molecule has 0 amide bonds. The Balaban J connectivity index is 2.49. The summed E-state index contributed by atoms with van der Waals surface area (Å²) in [4.78, 5) is 0. The maximum Gasteiger partial charge on any atom is 0.313 e. The molecule has 0 aromatic carbocycles. The number of hydrogen-bond donors (Lipinski definition) is 0. The van der Waals surface area contributed by atoms with Crippen LogP contribution < -0.4 is 0 Å². The van der Waals surface area contributed by atoms with Gasteiger partial charge in [0.2, 0.25) is 0 Å². The van der Waals surface area contributed by atoms with Gasteiger partial charge in [0.15, 0.2) is 0 Å². The van der Waals surface area contributed by atoms with Crippen molar-refractivity contribution in [2.45, 2.75) is 13.3 Å². The molecular weight excluding hydrogens is 204 g/mol. The normalized spacial score (nSPS) is 10.8. The van der Waals surface area contributed by atoms with Gasteiger partial charge in [0.1, 0.15) is 0 Å². The molecule has 0 aliphatic heterocycles. The van der Waals surface area contributed by atoms with Crippen molar-refractivity contribution >= 4 is 11.6 Å². The van der Waals surface area contributed by atoms with Gasteiger partial charge < -0.3 is 4.42 Å². The lowest BCUT2D eigenvalue weighted by Gasteiger charge is -1.90. The van der Waals surface area contributed by atoms with Crippen molar-refractivity contribution in [1.29, 1.82) is 0 Å². The molecule has 14 heavy (non-hydrogen) atoms. The van der Waals surface area contributed by atoms with E-state index >= 15 is 0 Å². The fraction of sp³-hybridized carbons (Fsp3) is 0.375. The van der Waals surface area contributed by atoms with E-state index < -0.39 is 0 Å². The van der Waals surface area contributed by atoms with Crippen molar-refractivity contribution in [3.8, 4) is 11.5 Å². The predicted molar refractivity (Wildman–Crippen MR) is 50.9 cm³/mol. The standard InChI is InChI=1S/C8H9ClN4O/c1-3-6-5(4-13(2)12-6)7-10-11-8(9)14-7/h4H,3H2,1-2H3. The molecule has 0 saturated heterocycles. The average Bonchev–Trinajstić information content (AvgIpc) is 2.71. The van der Waals surface area contributed by atoms with Gasteiger partial charge in [0.05, 0.1) is 11.3 Å². The molecule has 0 spiro atoms. The van der Waals surface area contributed by atoms with Gasteiger partial charge in [-0.15, -0.1) is 5.10 Å². The maximum absolute atomic E-state index is 5.55. The third kappa shape index (κ3) is 1.50. The minimum atomic E-state index is 0.0471. The van der Waals surface area contributed by atoms with E-state index in [9.17, 15) is 0 Å². The Labute approximate surface area is 85.7 Å². The molecule has 0 radical (unpaired) electrons. The molecule has 74 valence electrons. The molecule has 2 aromatic rings. The van der Waals surface area contributed by atoms with Gasteiger partial charge >= 0.3 is 5.35 Å². The van der Waals surface area contributed by atoms with E-state index in [1.165, 1.54) is 0 Å². The SMILES string of the molecule is CCc1nn(C)cc1-c1nnc(Cl)o1. The predicted octanol–water partition coefficient (Wildman–Crippen LogP) is 1.69. The van der Waals surface area contributed by atoms with Crippen LogP contribution in [0.5, 0.6) is 0 Å². The number of halogens is 1. The minimum absolute atomic E-state index is 0.0471. The number of nitrogens with zero attached hydrogens (tertiary/aromatic N) is 4. The lowest BCUT2D eigenvalue weighted by molar-refractivity contribution is 0.570. The smallest absolute Gasteiger partial charge is 0.313 e. The van der Waals surface area contributed by atoms with Crippen molar-refractivity contribution in [2.75, 3.05) is 0 Å². The molecule has 0 N–H and O–H groups in total. The highest BCUT2D eigenvalue weighted by Crippen LogP contribution is 2.22. The van der Waals surface area contributed by atoms with Crippen LogP contribution in [-0.2, 0) is 13.5 Å². The summed E-state index contributed by atoms with van der Waals surface area (Å²) in [6.07, 6.45) is 2.65. The fourth-order valence-electron chi connectivity index (χ4n) is 1.29. The highest BCUT2D eigenvalue weighted by atomic mass is 35.5. The Hall–Kier alpha value is -1.36. The molecule has 0 unspecified atom stereocenters. The van der Waals surface area contributed by atoms with Crippen molar-refractivity contribution in [3.63, 3.8) is 0 Å². The number of rotatable bonds is 2. The topological polar surface area (TPSA) is 56.7 Å². The van der Waals surface area contributed by atoms with Crippen molar-refractivity contribution < 1.29 is 4.42 Å². The Kier molecular flexibility index (Phi) is 2.25. The monoisotopic (exact) mass is 212 g/mol. The molecule has 0 fully saturated rings. The second-order valence-corrected chi connectivity index (χ2v) is 3.20. The molecule has 0 bridgehead atoms. The van der Waals surface area contributed by atoms with E-state index in [1.807, 2.05) is 20.2 Å². The molecule has 0 aliphatic rings. The zero-order valence-corrected chi connectivity index (χ0v) is 8.62. The van der Waals surface area contributed by atoms with E-state index in [0.717, 1.165) is 17.7 Å². The summed E-state index contributed by atoms with van der Waals surface area (Å²) in [7, 11) is 1.85. The second kappa shape index (κ2) is 3.42. The van der Waals surface area contributed by atoms with Gasteiger partial charge in [-0.2, -0.15) is 5.10 Å². The highest BCUT2D eigenvalue weighted by molar-refractivity contribution is 6.27. The lowest BCUT2D eigenvalue weighted by Crippen LogP contribution is -1.89. The summed E-state index contributed by atoms with van der Waals surface area (Å²) >= 11 is 5.55. The summed E-state index contributed by atoms with van der Waals surface area (Å²) in [5, 5.41) is 11.7. The Morgan fingerprint density at radius 1 is 1.50 bits per heavy atom. The van der Waals surface area contributed by atoms with E-state index in [4.69, 9.17) is 16.0 Å². The van der Waals surface area contributed by atoms with Crippen LogP contribution >= 0.6 is 11.6 Å². The maximum atomic E-state index is 5.55. The third-order valence-electron chi connectivity index (χ3n) is 1.87. The van der Waals surface area contributed by atoms with Crippen molar-refractivity contribution in [2.24, 2.45) is 7.05 Å². The first-order valence-corrected chi connectivity index (χ1v) is 4.60. The molecule has 5 nitrogen and oxygen atoms in total. The van der Waals surface area contributed by atoms with Crippen molar-refractivity contribution in [1.82, 2.24) is 20.0 Å². The molecular formula is C8H9ClN4O. The Morgan fingerprint density at radius 2 is 2.29 bits per heavy atom. The first kappa shape index (κ1) is 9.21. The van der Waals surface area contributed by atoms with Gasteiger partial charge in [-0.1, -0.05) is 12.0 Å². The third-order valence-corrected chi connectivity index (χ3v) is 2.02. The van der Waals surface area contributed by atoms with E-state index in [0.29, 0.717) is 5.89 Å². The molecule has 0 aliphatic carbocycles. The van der Waals surface area contributed by atoms with E-state index in [2.05, 4.69) is 15.3 Å². The van der Waals surface area contributed by atoms with Crippen LogP contribution in [0.3, 0.4) is 0 Å². The van der Waals surface area contributed by atoms with Crippen LogP contribution in [0.1, 0.15) is 12.6 Å². The van der Waals surface area contributed by atoms with Gasteiger partial charge in [0, 0.05) is 13.2 Å². The highest BCUT2D eigenvalue weighted by Gasteiger charge is 2.14. The number of hydrogen-bond acceptors (Lipinski definition) is 4. The summed E-state index contributed by atoms with van der Waals surface area (Å²) in [6.45, 7) is 2.02. The van der Waals surface area contributed by atoms with Crippen LogP contribution in [-0.4, -0.2) is 20.0 Å². The van der Waals surface area contributed by atoms with E-state index in [1.54, 1.807) is 4.68 Å². The quantitative estimate of drug-likeness (QED) is 0.760. The van der Waals surface area contributed by atoms with Crippen LogP contribution in [0.2, 0.25) is 5.35 Å². The summed E-state index contributed by atoms with van der Waals surface area (Å²) in [5.74, 6) is 0.417. The lowest BCUT2D eigenvalue weighted by atomic mass is 10.2. The van der Waals surface area contributed by atoms with Crippen LogP contribution in [0.4, 0.5) is 0 Å². The average molecular weight is 213 g/mol. The molecule has 2 aromatic heterocycles. The summed E-state index contributed by atoms with van der Waals surface area (Å²) in [6, 6.07) is 0. The molecule has 0 saturated carbocycles. The van der Waals surface area contributed by atoms with Gasteiger partial charge in [-0.25, -0.2) is 0 Å². The van der Waals surface area contributed by atoms with Gasteiger partial charge in [0.25, 0.3) is 5.89 Å². The van der Waals surface area contributed by atoms with Gasteiger partial charge in [-0.3, -0.25) is 4.68 Å². The molecule has 2 rings (SSSR count). The number of aryl methyl sites for hydroxylation is 2. The zero-order chi connectivity index (χ0) is 10.1. The summed E-state index contributed by atoms with van der Waals surface area (Å²) in [5.41, 5.74) is 1.77. The first-order valence-electron chi connectivity index (χ1n) is 4.22. The fourth-order valence-corrected chi connectivity index (χ4v) is 1.40. The molecule has 6 heteroatoms. The van der Waals surface area contributed by atoms with Crippen molar-refractivity contribution in [3.05, 3.63) is 17.2 Å². The minimum Gasteiger partial charge on any atom is -0.407 e. The Morgan fingerprint density at radius 3 is 2.86 bits per heavy atom. The van der Waals surface area contributed by atoms with E-state index in [-0.39, 0.29) is 5.35 Å². The molecule has 0 atom stereocenters. The number of aromatic nitrogens is 4. The van der Waals surface area contributed by atoms with Crippen LogP contribution in [0.15, 0.2) is 10.6 Å². The Bertz CT molecular complexity index is 448. The molecule has 2 heterocycles. The van der Waals surface area contributed by atoms with Crippen LogP contribution in [0, 0.1) is 0 Å².